The van der Waals surface area contributed by atoms with Crippen molar-refractivity contribution < 1.29 is 14.3 Å². The van der Waals surface area contributed by atoms with Gasteiger partial charge in [0.05, 0.1) is 13.5 Å². The van der Waals surface area contributed by atoms with Crippen LogP contribution in [0.2, 0.25) is 0 Å². The van der Waals surface area contributed by atoms with E-state index in [0.717, 1.165) is 44.6 Å². The molecule has 0 saturated carbocycles. The molecule has 5 nitrogen and oxygen atoms in total. The Kier molecular flexibility index (Phi) is 6.89. The lowest BCUT2D eigenvalue weighted by Gasteiger charge is -2.40. The SMILES string of the molecule is COc1ccc(C(C)=O)cc1CC(=O)N1CCCC[C@@H]1CN1CCCCC1. The van der Waals surface area contributed by atoms with Crippen molar-refractivity contribution in [1.29, 1.82) is 0 Å². The smallest absolute Gasteiger partial charge is 0.227 e. The first-order chi connectivity index (χ1) is 13.1. The summed E-state index contributed by atoms with van der Waals surface area (Å²) in [4.78, 5) is 29.5. The first-order valence-electron chi connectivity index (χ1n) is 10.3. The lowest BCUT2D eigenvalue weighted by atomic mass is 9.98. The number of Topliss-reactive ketones (excluding diaryl/α,β-unsaturated/α-hetero) is 1. The van der Waals surface area contributed by atoms with E-state index >= 15 is 0 Å². The molecule has 27 heavy (non-hydrogen) atoms. The van der Waals surface area contributed by atoms with Gasteiger partial charge in [-0.2, -0.15) is 0 Å². The Balaban J connectivity index is 1.71. The van der Waals surface area contributed by atoms with Crippen LogP contribution in [0.15, 0.2) is 18.2 Å². The van der Waals surface area contributed by atoms with Crippen LogP contribution in [-0.2, 0) is 11.2 Å². The van der Waals surface area contributed by atoms with Crippen molar-refractivity contribution in [1.82, 2.24) is 9.80 Å². The molecular formula is C22H32N2O3. The van der Waals surface area contributed by atoms with Gasteiger partial charge in [-0.3, -0.25) is 9.59 Å². The van der Waals surface area contributed by atoms with Gasteiger partial charge in [0.25, 0.3) is 0 Å². The van der Waals surface area contributed by atoms with Crippen molar-refractivity contribution in [2.45, 2.75) is 57.9 Å². The summed E-state index contributed by atoms with van der Waals surface area (Å²) in [5.74, 6) is 0.834. The second-order valence-electron chi connectivity index (χ2n) is 7.86. The van der Waals surface area contributed by atoms with Gasteiger partial charge in [0.1, 0.15) is 5.75 Å². The fraction of sp³-hybridized carbons (Fsp3) is 0.636. The number of carbonyl (C=O) groups is 2. The van der Waals surface area contributed by atoms with Crippen LogP contribution in [-0.4, -0.2) is 60.8 Å². The Labute approximate surface area is 162 Å². The zero-order valence-corrected chi connectivity index (χ0v) is 16.7. The maximum atomic E-state index is 13.1. The molecule has 2 aliphatic rings. The van der Waals surface area contributed by atoms with Crippen molar-refractivity contribution in [3.63, 3.8) is 0 Å². The van der Waals surface area contributed by atoms with Gasteiger partial charge in [0.15, 0.2) is 5.78 Å². The quantitative estimate of drug-likeness (QED) is 0.719. The third-order valence-electron chi connectivity index (χ3n) is 5.89. The number of ether oxygens (including phenoxy) is 1. The highest BCUT2D eigenvalue weighted by Crippen LogP contribution is 2.25. The molecule has 2 saturated heterocycles. The van der Waals surface area contributed by atoms with Gasteiger partial charge in [-0.1, -0.05) is 6.42 Å². The van der Waals surface area contributed by atoms with Crippen LogP contribution >= 0.6 is 0 Å². The molecular weight excluding hydrogens is 340 g/mol. The fourth-order valence-corrected chi connectivity index (χ4v) is 4.36. The molecule has 0 radical (unpaired) electrons. The molecule has 0 unspecified atom stereocenters. The van der Waals surface area contributed by atoms with Crippen molar-refractivity contribution in [2.75, 3.05) is 33.3 Å². The molecule has 1 aromatic rings. The average Bonchev–Trinajstić information content (AvgIpc) is 2.69. The molecule has 2 aliphatic heterocycles. The minimum atomic E-state index is 0.00676. The predicted octanol–water partition coefficient (Wildman–Crippen LogP) is 3.31. The standard InChI is InChI=1S/C22H32N2O3/c1-17(25)18-9-10-21(27-2)19(14-18)15-22(26)24-13-7-4-8-20(24)16-23-11-5-3-6-12-23/h9-10,14,20H,3-8,11-13,15-16H2,1-2H3/t20-/m1/s1. The van der Waals surface area contributed by atoms with Gasteiger partial charge in [-0.15, -0.1) is 0 Å². The van der Waals surface area contributed by atoms with Crippen molar-refractivity contribution in [3.8, 4) is 5.75 Å². The number of methoxy groups -OCH3 is 1. The number of nitrogens with zero attached hydrogens (tertiary/aromatic N) is 2. The fourth-order valence-electron chi connectivity index (χ4n) is 4.36. The minimum absolute atomic E-state index is 0.00676. The summed E-state index contributed by atoms with van der Waals surface area (Å²) in [6.45, 7) is 5.70. The Morgan fingerprint density at radius 1 is 1.07 bits per heavy atom. The van der Waals surface area contributed by atoms with Crippen LogP contribution in [0.5, 0.6) is 5.75 Å². The number of carbonyl (C=O) groups excluding carboxylic acids is 2. The van der Waals surface area contributed by atoms with Crippen LogP contribution < -0.4 is 4.74 Å². The van der Waals surface area contributed by atoms with E-state index in [9.17, 15) is 9.59 Å². The highest BCUT2D eigenvalue weighted by atomic mass is 16.5. The second kappa shape index (κ2) is 9.36. The Bertz CT molecular complexity index is 668. The molecule has 0 aromatic heterocycles. The highest BCUT2D eigenvalue weighted by molar-refractivity contribution is 5.94. The average molecular weight is 373 g/mol. The van der Waals surface area contributed by atoms with Crippen molar-refractivity contribution >= 4 is 11.7 Å². The van der Waals surface area contributed by atoms with Crippen LogP contribution in [0.3, 0.4) is 0 Å². The van der Waals surface area contributed by atoms with E-state index in [1.54, 1.807) is 26.2 Å². The minimum Gasteiger partial charge on any atom is -0.496 e. The zero-order chi connectivity index (χ0) is 19.2. The molecule has 1 aromatic carbocycles. The normalized spacial score (nSPS) is 21.1. The van der Waals surface area contributed by atoms with E-state index in [1.807, 2.05) is 6.07 Å². The van der Waals surface area contributed by atoms with Gasteiger partial charge in [0, 0.05) is 30.3 Å². The summed E-state index contributed by atoms with van der Waals surface area (Å²) < 4.78 is 5.43. The summed E-state index contributed by atoms with van der Waals surface area (Å²) in [5, 5.41) is 0. The van der Waals surface area contributed by atoms with Gasteiger partial charge in [-0.05, 0) is 70.3 Å². The van der Waals surface area contributed by atoms with Crippen molar-refractivity contribution in [2.24, 2.45) is 0 Å². The summed E-state index contributed by atoms with van der Waals surface area (Å²) in [5.41, 5.74) is 1.43. The number of hydrogen-bond acceptors (Lipinski definition) is 4. The number of ketones is 1. The van der Waals surface area contributed by atoms with Gasteiger partial charge in [0.2, 0.25) is 5.91 Å². The van der Waals surface area contributed by atoms with Crippen LogP contribution in [0.4, 0.5) is 0 Å². The molecule has 3 rings (SSSR count). The Morgan fingerprint density at radius 3 is 2.52 bits per heavy atom. The largest absolute Gasteiger partial charge is 0.496 e. The number of hydrogen-bond donors (Lipinski definition) is 0. The van der Waals surface area contributed by atoms with Crippen molar-refractivity contribution in [3.05, 3.63) is 29.3 Å². The van der Waals surface area contributed by atoms with E-state index in [-0.39, 0.29) is 11.7 Å². The highest BCUT2D eigenvalue weighted by Gasteiger charge is 2.29. The van der Waals surface area contributed by atoms with Gasteiger partial charge in [-0.25, -0.2) is 0 Å². The van der Waals surface area contributed by atoms with Crippen LogP contribution in [0.1, 0.15) is 61.4 Å². The maximum absolute atomic E-state index is 13.1. The number of rotatable bonds is 6. The second-order valence-corrected chi connectivity index (χ2v) is 7.86. The summed E-state index contributed by atoms with van der Waals surface area (Å²) >= 11 is 0. The molecule has 0 aliphatic carbocycles. The monoisotopic (exact) mass is 372 g/mol. The van der Waals surface area contributed by atoms with E-state index in [0.29, 0.717) is 23.8 Å². The third-order valence-corrected chi connectivity index (χ3v) is 5.89. The number of amides is 1. The summed E-state index contributed by atoms with van der Waals surface area (Å²) in [6.07, 6.45) is 7.54. The van der Waals surface area contributed by atoms with E-state index in [4.69, 9.17) is 4.74 Å². The lowest BCUT2D eigenvalue weighted by Crippen LogP contribution is -2.50. The molecule has 0 bridgehead atoms. The molecule has 2 heterocycles. The summed E-state index contributed by atoms with van der Waals surface area (Å²) in [7, 11) is 1.61. The van der Waals surface area contributed by atoms with Gasteiger partial charge < -0.3 is 14.5 Å². The molecule has 0 N–H and O–H groups in total. The molecule has 0 spiro atoms. The predicted molar refractivity (Wildman–Crippen MR) is 106 cm³/mol. The Hall–Kier alpha value is -1.88. The zero-order valence-electron chi connectivity index (χ0n) is 16.7. The lowest BCUT2D eigenvalue weighted by molar-refractivity contribution is -0.134. The molecule has 1 atom stereocenters. The molecule has 1 amide bonds. The van der Waals surface area contributed by atoms with E-state index < -0.39 is 0 Å². The van der Waals surface area contributed by atoms with Crippen LogP contribution in [0, 0.1) is 0 Å². The number of likely N-dealkylation sites (tertiary alicyclic amines) is 2. The van der Waals surface area contributed by atoms with E-state index in [2.05, 4.69) is 9.80 Å². The molecule has 5 heteroatoms. The first kappa shape index (κ1) is 19.9. The molecule has 148 valence electrons. The summed E-state index contributed by atoms with van der Waals surface area (Å²) in [6, 6.07) is 5.67. The molecule has 2 fully saturated rings. The van der Waals surface area contributed by atoms with Gasteiger partial charge >= 0.3 is 0 Å². The first-order valence-corrected chi connectivity index (χ1v) is 10.3. The third kappa shape index (κ3) is 5.10. The van der Waals surface area contributed by atoms with E-state index in [1.165, 1.54) is 25.7 Å². The van der Waals surface area contributed by atoms with Crippen LogP contribution in [0.25, 0.3) is 0 Å². The topological polar surface area (TPSA) is 49.9 Å². The maximum Gasteiger partial charge on any atom is 0.227 e. The number of piperidine rings is 2. The Morgan fingerprint density at radius 2 is 1.81 bits per heavy atom. The number of benzene rings is 1.